The van der Waals surface area contributed by atoms with Crippen LogP contribution in [0.4, 0.5) is 0 Å². The van der Waals surface area contributed by atoms with Crippen LogP contribution in [0.2, 0.25) is 0 Å². The predicted molar refractivity (Wildman–Crippen MR) is 56.8 cm³/mol. The molecule has 0 heterocycles. The van der Waals surface area contributed by atoms with Crippen molar-refractivity contribution in [2.24, 2.45) is 0 Å². The average Bonchev–Trinajstić information content (AvgIpc) is 2.15. The van der Waals surface area contributed by atoms with Gasteiger partial charge in [0.25, 0.3) is 0 Å². The summed E-state index contributed by atoms with van der Waals surface area (Å²) in [5.41, 5.74) is 1.84. The molecule has 0 saturated heterocycles. The van der Waals surface area contributed by atoms with E-state index in [0.29, 0.717) is 0 Å². The highest BCUT2D eigenvalue weighted by atomic mass is 16.3. The van der Waals surface area contributed by atoms with Crippen molar-refractivity contribution >= 4 is 11.9 Å². The van der Waals surface area contributed by atoms with Crippen molar-refractivity contribution < 1.29 is 9.90 Å². The molecule has 74 valence electrons. The van der Waals surface area contributed by atoms with Crippen molar-refractivity contribution in [1.29, 1.82) is 0 Å². The Hall–Kier alpha value is -1.41. The normalized spacial score (nSPS) is 13.1. The Kier molecular flexibility index (Phi) is 3.60. The zero-order valence-corrected chi connectivity index (χ0v) is 8.40. The molecule has 1 aromatic carbocycles. The topological polar surface area (TPSA) is 37.3 Å². The third-order valence-electron chi connectivity index (χ3n) is 1.93. The van der Waals surface area contributed by atoms with Crippen LogP contribution in [0.3, 0.4) is 0 Å². The maximum Gasteiger partial charge on any atom is 0.152 e. The third-order valence-corrected chi connectivity index (χ3v) is 1.93. The van der Waals surface area contributed by atoms with E-state index in [2.05, 4.69) is 0 Å². The molecule has 0 aliphatic carbocycles. The van der Waals surface area contributed by atoms with Crippen LogP contribution < -0.4 is 0 Å². The maximum absolute atomic E-state index is 10.7. The summed E-state index contributed by atoms with van der Waals surface area (Å²) < 4.78 is 0. The largest absolute Gasteiger partial charge is 0.389 e. The van der Waals surface area contributed by atoms with Crippen molar-refractivity contribution in [3.05, 3.63) is 41.5 Å². The molecule has 14 heavy (non-hydrogen) atoms. The van der Waals surface area contributed by atoms with Gasteiger partial charge in [-0.2, -0.15) is 0 Å². The fourth-order valence-electron chi connectivity index (χ4n) is 1.10. The molecule has 0 amide bonds. The lowest BCUT2D eigenvalue weighted by Crippen LogP contribution is -1.89. The number of aliphatic hydroxyl groups excluding tert-OH is 1. The molecule has 1 unspecified atom stereocenters. The van der Waals surface area contributed by atoms with E-state index in [1.165, 1.54) is 13.0 Å². The van der Waals surface area contributed by atoms with Crippen LogP contribution >= 0.6 is 0 Å². The Labute approximate surface area is 83.9 Å². The Bertz CT molecular complexity index is 334. The smallest absolute Gasteiger partial charge is 0.152 e. The molecule has 1 N–H and O–H groups in total. The van der Waals surface area contributed by atoms with E-state index in [-0.39, 0.29) is 5.78 Å². The van der Waals surface area contributed by atoms with Gasteiger partial charge in [0.05, 0.1) is 6.10 Å². The molecular weight excluding hydrogens is 176 g/mol. The molecule has 2 heteroatoms. The van der Waals surface area contributed by atoms with Crippen molar-refractivity contribution in [2.45, 2.75) is 20.0 Å². The molecule has 0 aromatic heterocycles. The Morgan fingerprint density at radius 1 is 1.36 bits per heavy atom. The fraction of sp³-hybridized carbons (Fsp3) is 0.250. The zero-order valence-electron chi connectivity index (χ0n) is 8.40. The standard InChI is InChI=1S/C12H14O2/c1-9(13)3-4-11-5-7-12(8-6-11)10(2)14/h3-8,10,14H,1-2H3/b4-3+. The van der Waals surface area contributed by atoms with Gasteiger partial charge >= 0.3 is 0 Å². The number of ketones is 1. The second kappa shape index (κ2) is 4.72. The lowest BCUT2D eigenvalue weighted by atomic mass is 10.1. The SMILES string of the molecule is CC(=O)/C=C/c1ccc(C(C)O)cc1. The minimum atomic E-state index is -0.444. The Morgan fingerprint density at radius 3 is 2.36 bits per heavy atom. The second-order valence-electron chi connectivity index (χ2n) is 3.29. The van der Waals surface area contributed by atoms with Gasteiger partial charge in [-0.25, -0.2) is 0 Å². The van der Waals surface area contributed by atoms with Gasteiger partial charge in [0, 0.05) is 0 Å². The van der Waals surface area contributed by atoms with Crippen LogP contribution in [0.25, 0.3) is 6.08 Å². The molecule has 0 fully saturated rings. The van der Waals surface area contributed by atoms with E-state index in [1.54, 1.807) is 13.0 Å². The molecule has 0 aliphatic heterocycles. The minimum absolute atomic E-state index is 0.0320. The molecule has 1 rings (SSSR count). The van der Waals surface area contributed by atoms with Crippen LogP contribution in [0.1, 0.15) is 31.1 Å². The first-order chi connectivity index (χ1) is 6.59. The molecule has 0 saturated carbocycles. The Balaban J connectivity index is 2.78. The van der Waals surface area contributed by atoms with Crippen LogP contribution in [0.15, 0.2) is 30.3 Å². The average molecular weight is 190 g/mol. The zero-order chi connectivity index (χ0) is 10.6. The van der Waals surface area contributed by atoms with Gasteiger partial charge in [0.15, 0.2) is 5.78 Å². The summed E-state index contributed by atoms with van der Waals surface area (Å²) >= 11 is 0. The number of allylic oxidation sites excluding steroid dienone is 1. The quantitative estimate of drug-likeness (QED) is 0.743. The van der Waals surface area contributed by atoms with E-state index < -0.39 is 6.10 Å². The summed E-state index contributed by atoms with van der Waals surface area (Å²) in [4.78, 5) is 10.7. The monoisotopic (exact) mass is 190 g/mol. The van der Waals surface area contributed by atoms with Gasteiger partial charge in [0.1, 0.15) is 0 Å². The number of benzene rings is 1. The number of aliphatic hydroxyl groups is 1. The maximum atomic E-state index is 10.7. The van der Waals surface area contributed by atoms with E-state index in [4.69, 9.17) is 0 Å². The summed E-state index contributed by atoms with van der Waals surface area (Å²) in [6.07, 6.45) is 2.84. The van der Waals surface area contributed by atoms with Gasteiger partial charge in [-0.1, -0.05) is 30.3 Å². The van der Waals surface area contributed by atoms with Crippen LogP contribution in [-0.2, 0) is 4.79 Å². The highest BCUT2D eigenvalue weighted by Crippen LogP contribution is 2.13. The molecule has 1 aromatic rings. The van der Waals surface area contributed by atoms with Gasteiger partial charge in [-0.15, -0.1) is 0 Å². The van der Waals surface area contributed by atoms with Crippen molar-refractivity contribution in [3.63, 3.8) is 0 Å². The number of hydrogen-bond donors (Lipinski definition) is 1. The predicted octanol–water partition coefficient (Wildman–Crippen LogP) is 2.34. The third kappa shape index (κ3) is 3.15. The van der Waals surface area contributed by atoms with Gasteiger partial charge in [-0.3, -0.25) is 4.79 Å². The van der Waals surface area contributed by atoms with Crippen LogP contribution in [0, 0.1) is 0 Å². The first-order valence-electron chi connectivity index (χ1n) is 4.56. The summed E-state index contributed by atoms with van der Waals surface area (Å²) in [6, 6.07) is 7.46. The molecule has 0 spiro atoms. The Morgan fingerprint density at radius 2 is 1.93 bits per heavy atom. The van der Waals surface area contributed by atoms with E-state index in [0.717, 1.165) is 11.1 Å². The van der Waals surface area contributed by atoms with Crippen molar-refractivity contribution in [1.82, 2.24) is 0 Å². The lowest BCUT2D eigenvalue weighted by molar-refractivity contribution is -0.112. The summed E-state index contributed by atoms with van der Waals surface area (Å²) in [7, 11) is 0. The number of carbonyl (C=O) groups excluding carboxylic acids is 1. The van der Waals surface area contributed by atoms with Gasteiger partial charge in [-0.05, 0) is 31.1 Å². The summed E-state index contributed by atoms with van der Waals surface area (Å²) in [6.45, 7) is 3.24. The summed E-state index contributed by atoms with van der Waals surface area (Å²) in [5.74, 6) is 0.0320. The first kappa shape index (κ1) is 10.7. The molecule has 0 radical (unpaired) electrons. The van der Waals surface area contributed by atoms with E-state index >= 15 is 0 Å². The van der Waals surface area contributed by atoms with Gasteiger partial charge < -0.3 is 5.11 Å². The molecule has 2 nitrogen and oxygen atoms in total. The van der Waals surface area contributed by atoms with Crippen LogP contribution in [0.5, 0.6) is 0 Å². The molecule has 1 atom stereocenters. The molecule has 0 bridgehead atoms. The highest BCUT2D eigenvalue weighted by Gasteiger charge is 1.98. The number of rotatable bonds is 3. The van der Waals surface area contributed by atoms with E-state index in [1.807, 2.05) is 24.3 Å². The number of carbonyl (C=O) groups is 1. The minimum Gasteiger partial charge on any atom is -0.389 e. The van der Waals surface area contributed by atoms with Crippen molar-refractivity contribution in [3.8, 4) is 0 Å². The lowest BCUT2D eigenvalue weighted by Gasteiger charge is -2.03. The van der Waals surface area contributed by atoms with Crippen LogP contribution in [-0.4, -0.2) is 10.9 Å². The number of hydrogen-bond acceptors (Lipinski definition) is 2. The van der Waals surface area contributed by atoms with Gasteiger partial charge in [0.2, 0.25) is 0 Å². The fourth-order valence-corrected chi connectivity index (χ4v) is 1.10. The highest BCUT2D eigenvalue weighted by molar-refractivity contribution is 5.91. The van der Waals surface area contributed by atoms with E-state index in [9.17, 15) is 9.90 Å². The second-order valence-corrected chi connectivity index (χ2v) is 3.29. The molecular formula is C12H14O2. The summed E-state index contributed by atoms with van der Waals surface area (Å²) in [5, 5.41) is 9.26. The van der Waals surface area contributed by atoms with Crippen molar-refractivity contribution in [2.75, 3.05) is 0 Å². The molecule has 0 aliphatic rings. The first-order valence-corrected chi connectivity index (χ1v) is 4.56.